The lowest BCUT2D eigenvalue weighted by molar-refractivity contribution is -0.0303. The minimum absolute atomic E-state index is 0.0750. The standard InChI is InChI=1S/C16H23Cl2NO2/c17-14-6-5-13(11-15(14)18)16-12-19(8-10-21-16)7-3-1-2-4-9-20/h5-6,11,16,20H,1-4,7-10,12H2. The zero-order valence-corrected chi connectivity index (χ0v) is 13.7. The van der Waals surface area contributed by atoms with Crippen LogP contribution in [0.15, 0.2) is 18.2 Å². The third-order valence-electron chi connectivity index (χ3n) is 3.85. The van der Waals surface area contributed by atoms with Crippen molar-refractivity contribution in [2.45, 2.75) is 31.8 Å². The monoisotopic (exact) mass is 331 g/mol. The number of rotatable bonds is 7. The highest BCUT2D eigenvalue weighted by Gasteiger charge is 2.22. The Kier molecular flexibility index (Phi) is 7.27. The highest BCUT2D eigenvalue weighted by Crippen LogP contribution is 2.29. The van der Waals surface area contributed by atoms with Crippen LogP contribution in [0.2, 0.25) is 10.0 Å². The Morgan fingerprint density at radius 3 is 2.71 bits per heavy atom. The van der Waals surface area contributed by atoms with Crippen molar-refractivity contribution in [2.75, 3.05) is 32.8 Å². The van der Waals surface area contributed by atoms with Gasteiger partial charge in [0, 0.05) is 19.7 Å². The van der Waals surface area contributed by atoms with E-state index in [1.807, 2.05) is 18.2 Å². The molecule has 21 heavy (non-hydrogen) atoms. The lowest BCUT2D eigenvalue weighted by Crippen LogP contribution is -2.38. The minimum atomic E-state index is 0.0750. The Hall–Kier alpha value is -0.320. The molecule has 1 unspecified atom stereocenters. The Labute approximate surface area is 136 Å². The number of hydrogen-bond acceptors (Lipinski definition) is 3. The predicted octanol–water partition coefficient (Wildman–Crippen LogP) is 3.92. The van der Waals surface area contributed by atoms with Crippen molar-refractivity contribution in [1.82, 2.24) is 4.90 Å². The minimum Gasteiger partial charge on any atom is -0.396 e. The Morgan fingerprint density at radius 1 is 1.14 bits per heavy atom. The molecule has 1 atom stereocenters. The fraction of sp³-hybridized carbons (Fsp3) is 0.625. The first-order valence-corrected chi connectivity index (χ1v) is 8.36. The van der Waals surface area contributed by atoms with Crippen molar-refractivity contribution >= 4 is 23.2 Å². The summed E-state index contributed by atoms with van der Waals surface area (Å²) in [5.41, 5.74) is 1.09. The topological polar surface area (TPSA) is 32.7 Å². The van der Waals surface area contributed by atoms with Crippen molar-refractivity contribution in [2.24, 2.45) is 0 Å². The molecule has 0 radical (unpaired) electrons. The molecule has 1 heterocycles. The first kappa shape index (κ1) is 17.0. The van der Waals surface area contributed by atoms with Gasteiger partial charge in [-0.3, -0.25) is 4.90 Å². The molecule has 0 saturated carbocycles. The molecule has 1 aliphatic heterocycles. The summed E-state index contributed by atoms with van der Waals surface area (Å²) in [6, 6.07) is 5.72. The number of benzene rings is 1. The van der Waals surface area contributed by atoms with Gasteiger partial charge in [-0.1, -0.05) is 42.1 Å². The van der Waals surface area contributed by atoms with E-state index in [-0.39, 0.29) is 6.10 Å². The normalized spacial score (nSPS) is 19.9. The Morgan fingerprint density at radius 2 is 1.95 bits per heavy atom. The molecule has 1 N–H and O–H groups in total. The zero-order valence-electron chi connectivity index (χ0n) is 12.2. The summed E-state index contributed by atoms with van der Waals surface area (Å²) in [4.78, 5) is 2.44. The van der Waals surface area contributed by atoms with Crippen LogP contribution in [0.3, 0.4) is 0 Å². The number of hydrogen-bond donors (Lipinski definition) is 1. The molecule has 1 aromatic carbocycles. The molecule has 1 aliphatic rings. The Balaban J connectivity index is 1.81. The van der Waals surface area contributed by atoms with Gasteiger partial charge in [0.1, 0.15) is 0 Å². The second kappa shape index (κ2) is 8.96. The summed E-state index contributed by atoms with van der Waals surface area (Å²) < 4.78 is 5.86. The highest BCUT2D eigenvalue weighted by atomic mass is 35.5. The molecule has 1 aromatic rings. The first-order chi connectivity index (χ1) is 10.2. The number of halogens is 2. The fourth-order valence-electron chi connectivity index (χ4n) is 2.62. The number of ether oxygens (including phenoxy) is 1. The van der Waals surface area contributed by atoms with E-state index < -0.39 is 0 Å². The molecule has 0 bridgehead atoms. The van der Waals surface area contributed by atoms with Crippen LogP contribution in [0, 0.1) is 0 Å². The van der Waals surface area contributed by atoms with Crippen LogP contribution in [0.5, 0.6) is 0 Å². The fourth-order valence-corrected chi connectivity index (χ4v) is 2.93. The predicted molar refractivity (Wildman–Crippen MR) is 87.1 cm³/mol. The molecular weight excluding hydrogens is 309 g/mol. The Bertz CT molecular complexity index is 442. The van der Waals surface area contributed by atoms with Crippen LogP contribution in [-0.2, 0) is 4.74 Å². The van der Waals surface area contributed by atoms with Crippen LogP contribution < -0.4 is 0 Å². The van der Waals surface area contributed by atoms with Crippen molar-refractivity contribution in [3.05, 3.63) is 33.8 Å². The summed E-state index contributed by atoms with van der Waals surface area (Å²) in [7, 11) is 0. The van der Waals surface area contributed by atoms with Gasteiger partial charge in [0.25, 0.3) is 0 Å². The van der Waals surface area contributed by atoms with Crippen molar-refractivity contribution in [1.29, 1.82) is 0 Å². The summed E-state index contributed by atoms with van der Waals surface area (Å²) in [6.45, 7) is 4.03. The number of unbranched alkanes of at least 4 members (excludes halogenated alkanes) is 3. The lowest BCUT2D eigenvalue weighted by Gasteiger charge is -2.33. The molecule has 2 rings (SSSR count). The maximum absolute atomic E-state index is 8.77. The van der Waals surface area contributed by atoms with Gasteiger partial charge in [-0.05, 0) is 37.1 Å². The molecule has 0 spiro atoms. The van der Waals surface area contributed by atoms with Gasteiger partial charge in [0.15, 0.2) is 0 Å². The van der Waals surface area contributed by atoms with Gasteiger partial charge in [0.05, 0.1) is 22.8 Å². The summed E-state index contributed by atoms with van der Waals surface area (Å²) >= 11 is 12.0. The van der Waals surface area contributed by atoms with Crippen LogP contribution in [0.1, 0.15) is 37.4 Å². The molecule has 5 heteroatoms. The van der Waals surface area contributed by atoms with E-state index in [4.69, 9.17) is 33.0 Å². The van der Waals surface area contributed by atoms with Crippen LogP contribution in [0.4, 0.5) is 0 Å². The molecular formula is C16H23Cl2NO2. The van der Waals surface area contributed by atoms with Crippen molar-refractivity contribution in [3.8, 4) is 0 Å². The number of aliphatic hydroxyl groups excluding tert-OH is 1. The van der Waals surface area contributed by atoms with Gasteiger partial charge in [-0.25, -0.2) is 0 Å². The van der Waals surface area contributed by atoms with Gasteiger partial charge in [-0.2, -0.15) is 0 Å². The second-order valence-electron chi connectivity index (χ2n) is 5.47. The number of morpholine rings is 1. The van der Waals surface area contributed by atoms with Gasteiger partial charge in [-0.15, -0.1) is 0 Å². The molecule has 0 aromatic heterocycles. The van der Waals surface area contributed by atoms with Gasteiger partial charge in [0.2, 0.25) is 0 Å². The van der Waals surface area contributed by atoms with Crippen molar-refractivity contribution in [3.63, 3.8) is 0 Å². The van der Waals surface area contributed by atoms with E-state index in [2.05, 4.69) is 4.90 Å². The van der Waals surface area contributed by atoms with Crippen LogP contribution >= 0.6 is 23.2 Å². The largest absolute Gasteiger partial charge is 0.396 e. The highest BCUT2D eigenvalue weighted by molar-refractivity contribution is 6.42. The van der Waals surface area contributed by atoms with Crippen LogP contribution in [-0.4, -0.2) is 42.9 Å². The summed E-state index contributed by atoms with van der Waals surface area (Å²) in [5.74, 6) is 0. The van der Waals surface area contributed by atoms with E-state index in [1.54, 1.807) is 0 Å². The third-order valence-corrected chi connectivity index (χ3v) is 4.59. The molecule has 118 valence electrons. The van der Waals surface area contributed by atoms with Crippen molar-refractivity contribution < 1.29 is 9.84 Å². The van der Waals surface area contributed by atoms with Gasteiger partial charge >= 0.3 is 0 Å². The van der Waals surface area contributed by atoms with E-state index in [1.165, 1.54) is 12.8 Å². The van der Waals surface area contributed by atoms with Crippen LogP contribution in [0.25, 0.3) is 0 Å². The average molecular weight is 332 g/mol. The lowest BCUT2D eigenvalue weighted by atomic mass is 10.1. The molecule has 3 nitrogen and oxygen atoms in total. The zero-order chi connectivity index (χ0) is 15.1. The smallest absolute Gasteiger partial charge is 0.0952 e. The van der Waals surface area contributed by atoms with Gasteiger partial charge < -0.3 is 9.84 Å². The van der Waals surface area contributed by atoms with E-state index in [9.17, 15) is 0 Å². The molecule has 0 amide bonds. The maximum Gasteiger partial charge on any atom is 0.0952 e. The number of nitrogens with zero attached hydrogens (tertiary/aromatic N) is 1. The maximum atomic E-state index is 8.77. The molecule has 1 fully saturated rings. The summed E-state index contributed by atoms with van der Waals surface area (Å²) in [6.07, 6.45) is 4.45. The quantitative estimate of drug-likeness (QED) is 0.768. The third kappa shape index (κ3) is 5.42. The first-order valence-electron chi connectivity index (χ1n) is 7.60. The molecule has 0 aliphatic carbocycles. The second-order valence-corrected chi connectivity index (χ2v) is 6.29. The molecule has 1 saturated heterocycles. The van der Waals surface area contributed by atoms with E-state index in [0.717, 1.165) is 44.6 Å². The van der Waals surface area contributed by atoms with E-state index >= 15 is 0 Å². The SMILES string of the molecule is OCCCCCCN1CCOC(c2ccc(Cl)c(Cl)c2)C1. The summed E-state index contributed by atoms with van der Waals surface area (Å²) in [5, 5.41) is 9.93. The number of aliphatic hydroxyl groups is 1. The average Bonchev–Trinajstić information content (AvgIpc) is 2.50. The van der Waals surface area contributed by atoms with E-state index in [0.29, 0.717) is 16.7 Å².